The number of anilines is 1. The number of carbonyl (C=O) groups excluding carboxylic acids is 1. The molecule has 1 aliphatic heterocycles. The highest BCUT2D eigenvalue weighted by Crippen LogP contribution is 2.31. The fourth-order valence-electron chi connectivity index (χ4n) is 2.81. The summed E-state index contributed by atoms with van der Waals surface area (Å²) in [5, 5.41) is 7.84. The van der Waals surface area contributed by atoms with Gasteiger partial charge in [0.05, 0.1) is 10.9 Å². The SMILES string of the molecule is C[C@H](C(=O)Nc1ccc(S(N)(=O)=O)cc1)N(C)C[C@@H]1COc2ccccc2O1. The molecule has 1 aliphatic rings. The normalized spacial score (nSPS) is 17.2. The smallest absolute Gasteiger partial charge is 0.241 e. The van der Waals surface area contributed by atoms with Gasteiger partial charge in [-0.3, -0.25) is 9.69 Å². The highest BCUT2D eigenvalue weighted by molar-refractivity contribution is 7.89. The predicted molar refractivity (Wildman–Crippen MR) is 105 cm³/mol. The number of ether oxygens (including phenoxy) is 2. The molecule has 0 aliphatic carbocycles. The van der Waals surface area contributed by atoms with E-state index in [1.807, 2.05) is 36.2 Å². The van der Waals surface area contributed by atoms with E-state index < -0.39 is 16.1 Å². The molecule has 0 unspecified atom stereocenters. The van der Waals surface area contributed by atoms with Crippen molar-refractivity contribution in [2.24, 2.45) is 5.14 Å². The van der Waals surface area contributed by atoms with Crippen molar-refractivity contribution in [1.29, 1.82) is 0 Å². The van der Waals surface area contributed by atoms with Crippen molar-refractivity contribution in [3.05, 3.63) is 48.5 Å². The lowest BCUT2D eigenvalue weighted by Crippen LogP contribution is -2.46. The average molecular weight is 405 g/mol. The molecule has 3 rings (SSSR count). The van der Waals surface area contributed by atoms with Gasteiger partial charge < -0.3 is 14.8 Å². The standard InChI is InChI=1S/C19H23N3O5S/c1-13(19(23)21-14-7-9-16(10-8-14)28(20,24)25)22(2)11-15-12-26-17-5-3-4-6-18(17)27-15/h3-10,13,15H,11-12H2,1-2H3,(H,21,23)(H2,20,24,25)/t13-,15-/m1/s1. The summed E-state index contributed by atoms with van der Waals surface area (Å²) >= 11 is 0. The number of sulfonamides is 1. The highest BCUT2D eigenvalue weighted by Gasteiger charge is 2.26. The Balaban J connectivity index is 1.56. The quantitative estimate of drug-likeness (QED) is 0.752. The molecule has 0 saturated heterocycles. The lowest BCUT2D eigenvalue weighted by atomic mass is 10.2. The predicted octanol–water partition coefficient (Wildman–Crippen LogP) is 1.43. The molecule has 2 atom stereocenters. The molecule has 0 aromatic heterocycles. The molecular weight excluding hydrogens is 382 g/mol. The molecule has 0 saturated carbocycles. The third-order valence-corrected chi connectivity index (χ3v) is 5.48. The molecule has 28 heavy (non-hydrogen) atoms. The summed E-state index contributed by atoms with van der Waals surface area (Å²) in [4.78, 5) is 14.4. The van der Waals surface area contributed by atoms with Crippen LogP contribution in [-0.2, 0) is 14.8 Å². The molecule has 0 spiro atoms. The van der Waals surface area contributed by atoms with Gasteiger partial charge >= 0.3 is 0 Å². The molecule has 9 heteroatoms. The Morgan fingerprint density at radius 3 is 2.50 bits per heavy atom. The first kappa shape index (κ1) is 20.1. The van der Waals surface area contributed by atoms with Crippen LogP contribution in [0.25, 0.3) is 0 Å². The van der Waals surface area contributed by atoms with E-state index in [9.17, 15) is 13.2 Å². The number of fused-ring (bicyclic) bond motifs is 1. The third-order valence-electron chi connectivity index (χ3n) is 4.55. The highest BCUT2D eigenvalue weighted by atomic mass is 32.2. The van der Waals surface area contributed by atoms with Crippen LogP contribution in [-0.4, -0.2) is 51.6 Å². The third kappa shape index (κ3) is 4.80. The van der Waals surface area contributed by atoms with E-state index in [4.69, 9.17) is 14.6 Å². The molecule has 2 aromatic carbocycles. The first-order valence-corrected chi connectivity index (χ1v) is 10.3. The van der Waals surface area contributed by atoms with Gasteiger partial charge in [0, 0.05) is 12.2 Å². The first-order valence-electron chi connectivity index (χ1n) is 8.76. The minimum Gasteiger partial charge on any atom is -0.486 e. The van der Waals surface area contributed by atoms with Gasteiger partial charge in [-0.1, -0.05) is 12.1 Å². The lowest BCUT2D eigenvalue weighted by Gasteiger charge is -2.31. The fourth-order valence-corrected chi connectivity index (χ4v) is 3.32. The number of amides is 1. The Hall–Kier alpha value is -2.62. The number of nitrogens with two attached hydrogens (primary N) is 1. The number of nitrogens with one attached hydrogen (secondary N) is 1. The van der Waals surface area contributed by atoms with Gasteiger partial charge in [0.1, 0.15) is 12.7 Å². The average Bonchev–Trinajstić information content (AvgIpc) is 2.67. The van der Waals surface area contributed by atoms with Crippen molar-refractivity contribution in [3.8, 4) is 11.5 Å². The van der Waals surface area contributed by atoms with Gasteiger partial charge in [0.15, 0.2) is 11.5 Å². The van der Waals surface area contributed by atoms with E-state index in [1.54, 1.807) is 6.92 Å². The molecule has 0 bridgehead atoms. The Morgan fingerprint density at radius 2 is 1.86 bits per heavy atom. The van der Waals surface area contributed by atoms with Gasteiger partial charge in [-0.2, -0.15) is 0 Å². The molecule has 0 radical (unpaired) electrons. The van der Waals surface area contributed by atoms with Crippen LogP contribution >= 0.6 is 0 Å². The maximum atomic E-state index is 12.5. The maximum absolute atomic E-state index is 12.5. The van der Waals surface area contributed by atoms with Crippen LogP contribution in [0.2, 0.25) is 0 Å². The van der Waals surface area contributed by atoms with Crippen molar-refractivity contribution in [3.63, 3.8) is 0 Å². The maximum Gasteiger partial charge on any atom is 0.241 e. The van der Waals surface area contributed by atoms with Crippen molar-refractivity contribution in [2.75, 3.05) is 25.5 Å². The van der Waals surface area contributed by atoms with Crippen molar-refractivity contribution in [1.82, 2.24) is 4.90 Å². The minimum absolute atomic E-state index is 0.00889. The number of carbonyl (C=O) groups is 1. The summed E-state index contributed by atoms with van der Waals surface area (Å²) in [7, 11) is -1.93. The number of likely N-dealkylation sites (N-methyl/N-ethyl adjacent to an activating group) is 1. The zero-order valence-corrected chi connectivity index (χ0v) is 16.5. The molecule has 1 heterocycles. The Labute approximate surface area is 164 Å². The van der Waals surface area contributed by atoms with E-state index in [0.29, 0.717) is 24.6 Å². The summed E-state index contributed by atoms with van der Waals surface area (Å²) in [6.07, 6.45) is -0.191. The van der Waals surface area contributed by atoms with Gasteiger partial charge in [-0.15, -0.1) is 0 Å². The van der Waals surface area contributed by atoms with Gasteiger partial charge in [0.25, 0.3) is 0 Å². The summed E-state index contributed by atoms with van der Waals surface area (Å²) in [5.74, 6) is 1.19. The molecule has 150 valence electrons. The second-order valence-corrected chi connectivity index (χ2v) is 8.23. The molecule has 3 N–H and O–H groups in total. The number of hydrogen-bond acceptors (Lipinski definition) is 6. The number of para-hydroxylation sites is 2. The van der Waals surface area contributed by atoms with Crippen LogP contribution in [0.15, 0.2) is 53.4 Å². The summed E-state index contributed by atoms with van der Waals surface area (Å²) in [6.45, 7) is 2.70. The van der Waals surface area contributed by atoms with Crippen LogP contribution in [0, 0.1) is 0 Å². The van der Waals surface area contributed by atoms with Crippen LogP contribution < -0.4 is 19.9 Å². The van der Waals surface area contributed by atoms with E-state index in [2.05, 4.69) is 5.32 Å². The zero-order valence-electron chi connectivity index (χ0n) is 15.7. The Kier molecular flexibility index (Phi) is 5.87. The second-order valence-electron chi connectivity index (χ2n) is 6.67. The van der Waals surface area contributed by atoms with Crippen LogP contribution in [0.1, 0.15) is 6.92 Å². The number of primary sulfonamides is 1. The monoisotopic (exact) mass is 405 g/mol. The number of rotatable bonds is 6. The van der Waals surface area contributed by atoms with Crippen molar-refractivity contribution >= 4 is 21.6 Å². The number of benzene rings is 2. The van der Waals surface area contributed by atoms with Gasteiger partial charge in [0.2, 0.25) is 15.9 Å². The van der Waals surface area contributed by atoms with Crippen LogP contribution in [0.5, 0.6) is 11.5 Å². The topological polar surface area (TPSA) is 111 Å². The minimum atomic E-state index is -3.76. The second kappa shape index (κ2) is 8.17. The van der Waals surface area contributed by atoms with E-state index in [0.717, 1.165) is 5.75 Å². The van der Waals surface area contributed by atoms with E-state index >= 15 is 0 Å². The van der Waals surface area contributed by atoms with E-state index in [1.165, 1.54) is 24.3 Å². The van der Waals surface area contributed by atoms with E-state index in [-0.39, 0.29) is 16.9 Å². The molecule has 2 aromatic rings. The number of nitrogens with zero attached hydrogens (tertiary/aromatic N) is 1. The van der Waals surface area contributed by atoms with Crippen molar-refractivity contribution in [2.45, 2.75) is 24.0 Å². The van der Waals surface area contributed by atoms with Crippen molar-refractivity contribution < 1.29 is 22.7 Å². The van der Waals surface area contributed by atoms with Crippen LogP contribution in [0.3, 0.4) is 0 Å². The molecule has 8 nitrogen and oxygen atoms in total. The number of hydrogen-bond donors (Lipinski definition) is 2. The Bertz CT molecular complexity index is 946. The first-order chi connectivity index (χ1) is 13.2. The Morgan fingerprint density at radius 1 is 1.21 bits per heavy atom. The summed E-state index contributed by atoms with van der Waals surface area (Å²) in [5.41, 5.74) is 0.490. The van der Waals surface area contributed by atoms with Gasteiger partial charge in [-0.25, -0.2) is 13.6 Å². The van der Waals surface area contributed by atoms with Gasteiger partial charge in [-0.05, 0) is 50.4 Å². The largest absolute Gasteiger partial charge is 0.486 e. The fraction of sp³-hybridized carbons (Fsp3) is 0.316. The molecule has 1 amide bonds. The van der Waals surface area contributed by atoms with Crippen LogP contribution in [0.4, 0.5) is 5.69 Å². The molecule has 0 fully saturated rings. The zero-order chi connectivity index (χ0) is 20.3. The lowest BCUT2D eigenvalue weighted by molar-refractivity contribution is -0.120. The summed E-state index contributed by atoms with van der Waals surface area (Å²) in [6, 6.07) is 12.7. The molecular formula is C19H23N3O5S. The summed E-state index contributed by atoms with van der Waals surface area (Å²) < 4.78 is 34.2.